The Morgan fingerprint density at radius 2 is 1.68 bits per heavy atom. The van der Waals surface area contributed by atoms with Gasteiger partial charge in [0, 0.05) is 13.1 Å². The first-order valence-corrected chi connectivity index (χ1v) is 12.6. The number of alkyl carbamates (subject to hydrolysis) is 1. The normalized spacial score (nSPS) is 13.1. The lowest BCUT2D eigenvalue weighted by atomic mass is 9.96. The van der Waals surface area contributed by atoms with Gasteiger partial charge in [0.2, 0.25) is 11.8 Å². The molecule has 0 aliphatic carbocycles. The molecule has 1 aromatic carbocycles. The molecule has 0 aliphatic rings. The van der Waals surface area contributed by atoms with Crippen LogP contribution in [0.15, 0.2) is 18.2 Å². The van der Waals surface area contributed by atoms with Crippen LogP contribution in [0.5, 0.6) is 0 Å². The molecule has 2 unspecified atom stereocenters. The number of nitrogens with zero attached hydrogens (tertiary/aromatic N) is 1. The van der Waals surface area contributed by atoms with Crippen molar-refractivity contribution < 1.29 is 19.1 Å². The van der Waals surface area contributed by atoms with Crippen molar-refractivity contribution in [1.29, 1.82) is 0 Å². The maximum atomic E-state index is 13.6. The van der Waals surface area contributed by atoms with Gasteiger partial charge < -0.3 is 20.3 Å². The fourth-order valence-corrected chi connectivity index (χ4v) is 3.68. The Kier molecular flexibility index (Phi) is 12.1. The largest absolute Gasteiger partial charge is 0.444 e. The lowest BCUT2D eigenvalue weighted by molar-refractivity contribution is -0.142. The molecular weight excluding hydrogens is 430 g/mol. The van der Waals surface area contributed by atoms with E-state index in [9.17, 15) is 14.4 Å². The van der Waals surface area contributed by atoms with E-state index in [-0.39, 0.29) is 11.8 Å². The van der Waals surface area contributed by atoms with Crippen LogP contribution >= 0.6 is 0 Å². The second-order valence-corrected chi connectivity index (χ2v) is 10.0. The number of carbonyl (C=O) groups is 3. The number of amides is 3. The molecule has 0 aromatic heterocycles. The van der Waals surface area contributed by atoms with Crippen molar-refractivity contribution in [3.63, 3.8) is 0 Å². The fourth-order valence-electron chi connectivity index (χ4n) is 3.68. The molecule has 0 spiro atoms. The zero-order valence-electron chi connectivity index (χ0n) is 22.4. The molecule has 3 amide bonds. The van der Waals surface area contributed by atoms with E-state index in [1.807, 2.05) is 39.0 Å². The number of hydrogen-bond acceptors (Lipinski definition) is 4. The molecule has 2 N–H and O–H groups in total. The van der Waals surface area contributed by atoms with Gasteiger partial charge in [0.15, 0.2) is 0 Å². The van der Waals surface area contributed by atoms with Crippen molar-refractivity contribution in [2.75, 3.05) is 13.1 Å². The van der Waals surface area contributed by atoms with E-state index < -0.39 is 23.8 Å². The average molecular weight is 476 g/mol. The van der Waals surface area contributed by atoms with Crippen molar-refractivity contribution in [2.24, 2.45) is 0 Å². The number of benzene rings is 1. The van der Waals surface area contributed by atoms with Crippen molar-refractivity contribution in [3.8, 4) is 0 Å². The second kappa shape index (κ2) is 14.0. The lowest BCUT2D eigenvalue weighted by Gasteiger charge is -2.34. The van der Waals surface area contributed by atoms with Crippen LogP contribution < -0.4 is 10.6 Å². The van der Waals surface area contributed by atoms with Crippen molar-refractivity contribution in [2.45, 2.75) is 105 Å². The Hall–Kier alpha value is -2.57. The molecule has 0 bridgehead atoms. The molecule has 34 heavy (non-hydrogen) atoms. The summed E-state index contributed by atoms with van der Waals surface area (Å²) < 4.78 is 5.32. The van der Waals surface area contributed by atoms with Crippen LogP contribution in [0.4, 0.5) is 4.79 Å². The van der Waals surface area contributed by atoms with Gasteiger partial charge in [-0.2, -0.15) is 0 Å². The van der Waals surface area contributed by atoms with Crippen molar-refractivity contribution >= 4 is 17.9 Å². The van der Waals surface area contributed by atoms with E-state index in [0.29, 0.717) is 13.1 Å². The molecule has 1 rings (SSSR count). The predicted molar refractivity (Wildman–Crippen MR) is 137 cm³/mol. The van der Waals surface area contributed by atoms with Crippen LogP contribution in [0.25, 0.3) is 0 Å². The molecule has 0 heterocycles. The number of nitrogens with one attached hydrogen (secondary N) is 2. The summed E-state index contributed by atoms with van der Waals surface area (Å²) in [6.45, 7) is 16.0. The van der Waals surface area contributed by atoms with Crippen LogP contribution in [0.3, 0.4) is 0 Å². The standard InChI is InChI=1S/C27H45N3O4/c1-9-11-13-16-28-24(31)23(22-18-19(3)14-15-20(22)4)30(17-12-10-2)25(32)21(5)29-26(33)34-27(6,7)8/h14-15,18,21,23H,9-13,16-17H2,1-8H3,(H,28,31)(H,29,33). The average Bonchev–Trinajstić information content (AvgIpc) is 2.74. The van der Waals surface area contributed by atoms with Gasteiger partial charge in [-0.15, -0.1) is 0 Å². The van der Waals surface area contributed by atoms with Gasteiger partial charge in [-0.1, -0.05) is 56.9 Å². The van der Waals surface area contributed by atoms with Crippen LogP contribution in [0.1, 0.15) is 96.4 Å². The lowest BCUT2D eigenvalue weighted by Crippen LogP contribution is -2.52. The van der Waals surface area contributed by atoms with Crippen molar-refractivity contribution in [1.82, 2.24) is 15.5 Å². The molecule has 0 saturated carbocycles. The van der Waals surface area contributed by atoms with Gasteiger partial charge in [0.1, 0.15) is 17.7 Å². The van der Waals surface area contributed by atoms with Crippen LogP contribution in [-0.2, 0) is 14.3 Å². The predicted octanol–water partition coefficient (Wildman–Crippen LogP) is 5.19. The Morgan fingerprint density at radius 3 is 2.26 bits per heavy atom. The quantitative estimate of drug-likeness (QED) is 0.407. The summed E-state index contributed by atoms with van der Waals surface area (Å²) in [5, 5.41) is 5.68. The third kappa shape index (κ3) is 9.74. The number of unbranched alkanes of at least 4 members (excludes halogenated alkanes) is 3. The Balaban J connectivity index is 3.30. The highest BCUT2D eigenvalue weighted by atomic mass is 16.6. The van der Waals surface area contributed by atoms with E-state index in [2.05, 4.69) is 17.6 Å². The Labute approximate surface area is 206 Å². The smallest absolute Gasteiger partial charge is 0.408 e. The minimum Gasteiger partial charge on any atom is -0.444 e. The first-order chi connectivity index (χ1) is 15.9. The topological polar surface area (TPSA) is 87.7 Å². The molecule has 0 aliphatic heterocycles. The molecule has 192 valence electrons. The Morgan fingerprint density at radius 1 is 1.03 bits per heavy atom. The molecule has 7 heteroatoms. The third-order valence-corrected chi connectivity index (χ3v) is 5.51. The van der Waals surface area contributed by atoms with Crippen LogP contribution in [-0.4, -0.2) is 47.5 Å². The fraction of sp³-hybridized carbons (Fsp3) is 0.667. The first kappa shape index (κ1) is 29.5. The van der Waals surface area contributed by atoms with Gasteiger partial charge in [0.05, 0.1) is 0 Å². The minimum atomic E-state index is -0.841. The monoisotopic (exact) mass is 475 g/mol. The number of hydrogen-bond donors (Lipinski definition) is 2. The maximum Gasteiger partial charge on any atom is 0.408 e. The van der Waals surface area contributed by atoms with Crippen LogP contribution in [0, 0.1) is 13.8 Å². The number of aryl methyl sites for hydroxylation is 2. The third-order valence-electron chi connectivity index (χ3n) is 5.51. The molecule has 0 radical (unpaired) electrons. The second-order valence-electron chi connectivity index (χ2n) is 10.0. The van der Waals surface area contributed by atoms with E-state index in [0.717, 1.165) is 48.8 Å². The SMILES string of the molecule is CCCCCNC(=O)C(c1cc(C)ccc1C)N(CCCC)C(=O)C(C)NC(=O)OC(C)(C)C. The van der Waals surface area contributed by atoms with Gasteiger partial charge in [-0.3, -0.25) is 9.59 Å². The van der Waals surface area contributed by atoms with Gasteiger partial charge >= 0.3 is 6.09 Å². The number of carbonyl (C=O) groups excluding carboxylic acids is 3. The summed E-state index contributed by atoms with van der Waals surface area (Å²) >= 11 is 0. The molecule has 7 nitrogen and oxygen atoms in total. The zero-order valence-corrected chi connectivity index (χ0v) is 22.4. The number of ether oxygens (including phenoxy) is 1. The first-order valence-electron chi connectivity index (χ1n) is 12.6. The van der Waals surface area contributed by atoms with Gasteiger partial charge in [-0.05, 0) is 65.5 Å². The number of rotatable bonds is 12. The van der Waals surface area contributed by atoms with Gasteiger partial charge in [0.25, 0.3) is 0 Å². The highest BCUT2D eigenvalue weighted by Gasteiger charge is 2.35. The molecular formula is C27H45N3O4. The molecule has 0 saturated heterocycles. The summed E-state index contributed by atoms with van der Waals surface area (Å²) in [5.41, 5.74) is 2.10. The zero-order chi connectivity index (χ0) is 25.9. The van der Waals surface area contributed by atoms with E-state index in [1.165, 1.54) is 0 Å². The summed E-state index contributed by atoms with van der Waals surface area (Å²) in [4.78, 5) is 41.0. The van der Waals surface area contributed by atoms with E-state index >= 15 is 0 Å². The minimum absolute atomic E-state index is 0.196. The molecule has 2 atom stereocenters. The summed E-state index contributed by atoms with van der Waals surface area (Å²) in [7, 11) is 0. The van der Waals surface area contributed by atoms with Crippen LogP contribution in [0.2, 0.25) is 0 Å². The summed E-state index contributed by atoms with van der Waals surface area (Å²) in [6, 6.07) is 4.34. The van der Waals surface area contributed by atoms with Gasteiger partial charge in [-0.25, -0.2) is 4.79 Å². The molecule has 1 aromatic rings. The summed E-state index contributed by atoms with van der Waals surface area (Å²) in [5.74, 6) is -0.507. The highest BCUT2D eigenvalue weighted by molar-refractivity contribution is 5.92. The Bertz CT molecular complexity index is 817. The summed E-state index contributed by atoms with van der Waals surface area (Å²) in [6.07, 6.45) is 3.94. The van der Waals surface area contributed by atoms with E-state index in [4.69, 9.17) is 4.74 Å². The maximum absolute atomic E-state index is 13.6. The highest BCUT2D eigenvalue weighted by Crippen LogP contribution is 2.27. The molecule has 0 fully saturated rings. The van der Waals surface area contributed by atoms with Crippen molar-refractivity contribution in [3.05, 3.63) is 34.9 Å². The van der Waals surface area contributed by atoms with E-state index in [1.54, 1.807) is 32.6 Å².